The predicted octanol–water partition coefficient (Wildman–Crippen LogP) is 1.77. The van der Waals surface area contributed by atoms with E-state index in [0.29, 0.717) is 12.8 Å². The first-order valence-electron chi connectivity index (χ1n) is 6.35. The number of nitrogens with one attached hydrogen (secondary N) is 1. The topological polar surface area (TPSA) is 92.5 Å². The van der Waals surface area contributed by atoms with Crippen LogP contribution in [0.3, 0.4) is 0 Å². The van der Waals surface area contributed by atoms with E-state index in [1.165, 1.54) is 0 Å². The Kier molecular flexibility index (Phi) is 3.99. The summed E-state index contributed by atoms with van der Waals surface area (Å²) in [6.07, 6.45) is 3.02. The molecule has 0 radical (unpaired) electrons. The van der Waals surface area contributed by atoms with Gasteiger partial charge in [0.25, 0.3) is 11.6 Å². The summed E-state index contributed by atoms with van der Waals surface area (Å²) in [7, 11) is 0. The first-order chi connectivity index (χ1) is 9.47. The zero-order valence-electron chi connectivity index (χ0n) is 10.8. The van der Waals surface area contributed by atoms with Gasteiger partial charge in [0.15, 0.2) is 0 Å². The molecular weight excluding hydrogens is 267 g/mol. The van der Waals surface area contributed by atoms with Crippen LogP contribution in [0.5, 0.6) is 0 Å². The molecule has 2 N–H and O–H groups in total. The minimum Gasteiger partial charge on any atom is -0.394 e. The van der Waals surface area contributed by atoms with E-state index in [2.05, 4.69) is 5.32 Å². The molecule has 1 amide bonds. The molecule has 0 aliphatic heterocycles. The normalized spacial score (nSPS) is 16.9. The van der Waals surface area contributed by atoms with Crippen LogP contribution in [0, 0.1) is 15.9 Å². The molecule has 6 nitrogen and oxygen atoms in total. The van der Waals surface area contributed by atoms with Gasteiger partial charge in [-0.1, -0.05) is 12.8 Å². The number of nitro groups is 1. The second kappa shape index (κ2) is 5.54. The lowest BCUT2D eigenvalue weighted by atomic mass is 9.98. The molecule has 108 valence electrons. The molecule has 1 saturated carbocycles. The van der Waals surface area contributed by atoms with Crippen molar-refractivity contribution in [2.75, 3.05) is 6.61 Å². The van der Waals surface area contributed by atoms with Gasteiger partial charge < -0.3 is 10.4 Å². The summed E-state index contributed by atoms with van der Waals surface area (Å²) in [5.74, 6) is -1.43. The van der Waals surface area contributed by atoms with Crippen molar-refractivity contribution in [2.24, 2.45) is 0 Å². The van der Waals surface area contributed by atoms with Crippen LogP contribution in [0.4, 0.5) is 10.1 Å². The molecule has 1 aliphatic rings. The van der Waals surface area contributed by atoms with Crippen LogP contribution < -0.4 is 5.32 Å². The van der Waals surface area contributed by atoms with E-state index in [-0.39, 0.29) is 12.2 Å². The molecule has 1 aromatic rings. The number of hydrogen-bond donors (Lipinski definition) is 2. The van der Waals surface area contributed by atoms with Gasteiger partial charge in [-0.2, -0.15) is 0 Å². The van der Waals surface area contributed by atoms with Crippen molar-refractivity contribution >= 4 is 11.6 Å². The summed E-state index contributed by atoms with van der Waals surface area (Å²) in [5, 5.41) is 23.0. The molecule has 0 bridgehead atoms. The lowest BCUT2D eigenvalue weighted by Crippen LogP contribution is -2.49. The number of hydrogen-bond acceptors (Lipinski definition) is 4. The van der Waals surface area contributed by atoms with Gasteiger partial charge in [-0.3, -0.25) is 14.9 Å². The highest BCUT2D eigenvalue weighted by Gasteiger charge is 2.36. The quantitative estimate of drug-likeness (QED) is 0.650. The lowest BCUT2D eigenvalue weighted by Gasteiger charge is -2.27. The number of carbonyl (C=O) groups excluding carboxylic acids is 1. The Morgan fingerprint density at radius 1 is 1.45 bits per heavy atom. The molecular formula is C13H15FN2O4. The standard InChI is InChI=1S/C13H15FN2O4/c14-9-3-4-10(11(7-9)16(19)20)12(18)15-13(8-17)5-1-2-6-13/h3-4,7,17H,1-2,5-6,8H2,(H,15,18). The van der Waals surface area contributed by atoms with Gasteiger partial charge in [0.2, 0.25) is 0 Å². The van der Waals surface area contributed by atoms with Gasteiger partial charge in [-0.25, -0.2) is 4.39 Å². The fraction of sp³-hybridized carbons (Fsp3) is 0.462. The summed E-state index contributed by atoms with van der Waals surface area (Å²) >= 11 is 0. The molecule has 0 aromatic heterocycles. The smallest absolute Gasteiger partial charge is 0.285 e. The maximum atomic E-state index is 13.0. The lowest BCUT2D eigenvalue weighted by molar-refractivity contribution is -0.385. The minimum atomic E-state index is -0.793. The van der Waals surface area contributed by atoms with Gasteiger partial charge in [-0.05, 0) is 25.0 Å². The van der Waals surface area contributed by atoms with Crippen LogP contribution in [-0.2, 0) is 0 Å². The molecule has 7 heteroatoms. The second-order valence-electron chi connectivity index (χ2n) is 5.02. The molecule has 1 aliphatic carbocycles. The van der Waals surface area contributed by atoms with Crippen molar-refractivity contribution in [3.05, 3.63) is 39.7 Å². The summed E-state index contributed by atoms with van der Waals surface area (Å²) in [6, 6.07) is 2.81. The molecule has 2 rings (SSSR count). The predicted molar refractivity (Wildman–Crippen MR) is 68.8 cm³/mol. The number of halogens is 1. The highest BCUT2D eigenvalue weighted by Crippen LogP contribution is 2.30. The van der Waals surface area contributed by atoms with E-state index in [9.17, 15) is 24.4 Å². The maximum absolute atomic E-state index is 13.0. The Bertz CT molecular complexity index is 541. The zero-order chi connectivity index (χ0) is 14.8. The minimum absolute atomic E-state index is 0.198. The zero-order valence-corrected chi connectivity index (χ0v) is 10.8. The summed E-state index contributed by atoms with van der Waals surface area (Å²) in [4.78, 5) is 22.2. The summed E-state index contributed by atoms with van der Waals surface area (Å²) < 4.78 is 13.0. The Morgan fingerprint density at radius 2 is 2.10 bits per heavy atom. The molecule has 1 aromatic carbocycles. The van der Waals surface area contributed by atoms with Crippen molar-refractivity contribution < 1.29 is 19.2 Å². The molecule has 1 fully saturated rings. The Hall–Kier alpha value is -2.02. The van der Waals surface area contributed by atoms with Crippen LogP contribution in [0.2, 0.25) is 0 Å². The van der Waals surface area contributed by atoms with Crippen molar-refractivity contribution in [2.45, 2.75) is 31.2 Å². The van der Waals surface area contributed by atoms with Crippen molar-refractivity contribution in [3.63, 3.8) is 0 Å². The number of rotatable bonds is 4. The van der Waals surface area contributed by atoms with E-state index in [1.54, 1.807) is 0 Å². The number of nitro benzene ring substituents is 1. The van der Waals surface area contributed by atoms with Crippen LogP contribution in [-0.4, -0.2) is 28.1 Å². The molecule has 20 heavy (non-hydrogen) atoms. The largest absolute Gasteiger partial charge is 0.394 e. The van der Waals surface area contributed by atoms with E-state index in [0.717, 1.165) is 31.0 Å². The summed E-state index contributed by atoms with van der Waals surface area (Å²) in [5.41, 5.74) is -1.50. The van der Waals surface area contributed by atoms with E-state index >= 15 is 0 Å². The molecule has 0 spiro atoms. The van der Waals surface area contributed by atoms with Crippen molar-refractivity contribution in [1.29, 1.82) is 0 Å². The third-order valence-electron chi connectivity index (χ3n) is 3.64. The SMILES string of the molecule is O=C(NC1(CO)CCCC1)c1ccc(F)cc1[N+](=O)[O-]. The number of benzene rings is 1. The number of nitrogens with zero attached hydrogens (tertiary/aromatic N) is 1. The van der Waals surface area contributed by atoms with E-state index in [4.69, 9.17) is 0 Å². The Labute approximate surface area is 114 Å². The van der Waals surface area contributed by atoms with Crippen LogP contribution >= 0.6 is 0 Å². The fourth-order valence-corrected chi connectivity index (χ4v) is 2.53. The van der Waals surface area contributed by atoms with E-state index in [1.807, 2.05) is 0 Å². The van der Waals surface area contributed by atoms with Crippen LogP contribution in [0.15, 0.2) is 18.2 Å². The molecule has 0 saturated heterocycles. The monoisotopic (exact) mass is 282 g/mol. The van der Waals surface area contributed by atoms with Crippen molar-refractivity contribution in [3.8, 4) is 0 Å². The van der Waals surface area contributed by atoms with Gasteiger partial charge in [-0.15, -0.1) is 0 Å². The summed E-state index contributed by atoms with van der Waals surface area (Å²) in [6.45, 7) is -0.215. The number of aliphatic hydroxyl groups is 1. The molecule has 0 atom stereocenters. The number of carbonyl (C=O) groups is 1. The van der Waals surface area contributed by atoms with Gasteiger partial charge >= 0.3 is 0 Å². The van der Waals surface area contributed by atoms with Gasteiger partial charge in [0.05, 0.1) is 23.1 Å². The number of aliphatic hydroxyl groups excluding tert-OH is 1. The average Bonchev–Trinajstić information content (AvgIpc) is 2.87. The van der Waals surface area contributed by atoms with E-state index < -0.39 is 27.9 Å². The molecule has 0 heterocycles. The average molecular weight is 282 g/mol. The third kappa shape index (κ3) is 2.77. The highest BCUT2D eigenvalue weighted by atomic mass is 19.1. The van der Waals surface area contributed by atoms with Gasteiger partial charge in [0.1, 0.15) is 11.4 Å². The van der Waals surface area contributed by atoms with Crippen LogP contribution in [0.1, 0.15) is 36.0 Å². The Balaban J connectivity index is 2.27. The molecule has 0 unspecified atom stereocenters. The van der Waals surface area contributed by atoms with Crippen LogP contribution in [0.25, 0.3) is 0 Å². The first-order valence-corrected chi connectivity index (χ1v) is 6.35. The fourth-order valence-electron chi connectivity index (χ4n) is 2.53. The van der Waals surface area contributed by atoms with Gasteiger partial charge in [0, 0.05) is 0 Å². The number of amides is 1. The highest BCUT2D eigenvalue weighted by molar-refractivity contribution is 5.98. The third-order valence-corrected chi connectivity index (χ3v) is 3.64. The second-order valence-corrected chi connectivity index (χ2v) is 5.02. The maximum Gasteiger partial charge on any atom is 0.285 e. The van der Waals surface area contributed by atoms with Crippen molar-refractivity contribution in [1.82, 2.24) is 5.32 Å². The Morgan fingerprint density at radius 3 is 2.65 bits per heavy atom. The first kappa shape index (κ1) is 14.4.